The van der Waals surface area contributed by atoms with Crippen LogP contribution in [0.15, 0.2) is 18.3 Å². The number of nitrogens with zero attached hydrogens (tertiary/aromatic N) is 1. The molecule has 0 bridgehead atoms. The van der Waals surface area contributed by atoms with Crippen LogP contribution in [0.4, 0.5) is 0 Å². The van der Waals surface area contributed by atoms with Gasteiger partial charge in [0, 0.05) is 12.7 Å². The standard InChI is InChI=1S/C12H15ClN2O3/c1-2-3-8(12(17)18)6-15-11(16)10-5-4-9(13)7-14-10/h4-5,7-8H,2-3,6H2,1H3,(H,15,16)(H,17,18). The first kappa shape index (κ1) is 14.4. The van der Waals surface area contributed by atoms with Gasteiger partial charge in [-0.25, -0.2) is 4.98 Å². The van der Waals surface area contributed by atoms with E-state index in [1.54, 1.807) is 6.07 Å². The minimum absolute atomic E-state index is 0.103. The number of nitrogens with one attached hydrogen (secondary N) is 1. The van der Waals surface area contributed by atoms with Gasteiger partial charge in [0.15, 0.2) is 0 Å². The van der Waals surface area contributed by atoms with E-state index in [1.807, 2.05) is 6.92 Å². The van der Waals surface area contributed by atoms with Crippen molar-refractivity contribution < 1.29 is 14.7 Å². The number of aromatic nitrogens is 1. The topological polar surface area (TPSA) is 79.3 Å². The molecule has 0 aliphatic carbocycles. The lowest BCUT2D eigenvalue weighted by Crippen LogP contribution is -2.33. The molecular weight excluding hydrogens is 256 g/mol. The molecule has 0 aromatic carbocycles. The highest BCUT2D eigenvalue weighted by molar-refractivity contribution is 6.30. The normalized spacial score (nSPS) is 11.9. The second kappa shape index (κ2) is 6.96. The lowest BCUT2D eigenvalue weighted by Gasteiger charge is -2.11. The average molecular weight is 271 g/mol. The first-order chi connectivity index (χ1) is 8.54. The van der Waals surface area contributed by atoms with Crippen molar-refractivity contribution in [2.75, 3.05) is 6.54 Å². The molecule has 18 heavy (non-hydrogen) atoms. The van der Waals surface area contributed by atoms with Crippen LogP contribution in [0.2, 0.25) is 5.02 Å². The predicted octanol–water partition coefficient (Wildman–Crippen LogP) is 1.97. The molecule has 1 aromatic heterocycles. The Kier molecular flexibility index (Phi) is 5.58. The Hall–Kier alpha value is -1.62. The summed E-state index contributed by atoms with van der Waals surface area (Å²) in [5, 5.41) is 11.9. The van der Waals surface area contributed by atoms with E-state index in [9.17, 15) is 9.59 Å². The molecular formula is C12H15ClN2O3. The summed E-state index contributed by atoms with van der Waals surface area (Å²) < 4.78 is 0. The summed E-state index contributed by atoms with van der Waals surface area (Å²) >= 11 is 5.65. The Labute approximate surface area is 110 Å². The fourth-order valence-corrected chi connectivity index (χ4v) is 1.59. The number of amides is 1. The van der Waals surface area contributed by atoms with Crippen LogP contribution in [0.5, 0.6) is 0 Å². The summed E-state index contributed by atoms with van der Waals surface area (Å²) in [7, 11) is 0. The molecule has 98 valence electrons. The Balaban J connectivity index is 2.54. The highest BCUT2D eigenvalue weighted by atomic mass is 35.5. The van der Waals surface area contributed by atoms with E-state index < -0.39 is 17.8 Å². The van der Waals surface area contributed by atoms with Crippen molar-refractivity contribution in [3.8, 4) is 0 Å². The summed E-state index contributed by atoms with van der Waals surface area (Å²) in [6.45, 7) is 2.00. The maximum Gasteiger partial charge on any atom is 0.308 e. The van der Waals surface area contributed by atoms with Gasteiger partial charge in [-0.05, 0) is 18.6 Å². The Morgan fingerprint density at radius 2 is 2.22 bits per heavy atom. The van der Waals surface area contributed by atoms with Crippen LogP contribution in [0.25, 0.3) is 0 Å². The van der Waals surface area contributed by atoms with Crippen LogP contribution in [-0.4, -0.2) is 28.5 Å². The molecule has 1 atom stereocenters. The first-order valence-corrected chi connectivity index (χ1v) is 6.05. The van der Waals surface area contributed by atoms with Gasteiger partial charge in [0.2, 0.25) is 0 Å². The van der Waals surface area contributed by atoms with Gasteiger partial charge in [-0.1, -0.05) is 24.9 Å². The number of halogens is 1. The SMILES string of the molecule is CCCC(CNC(=O)c1ccc(Cl)cn1)C(=O)O. The molecule has 1 aromatic rings. The van der Waals surface area contributed by atoms with E-state index in [0.29, 0.717) is 11.4 Å². The number of hydrogen-bond acceptors (Lipinski definition) is 3. The highest BCUT2D eigenvalue weighted by Crippen LogP contribution is 2.07. The number of carboxylic acids is 1. The molecule has 1 heterocycles. The quantitative estimate of drug-likeness (QED) is 0.828. The molecule has 1 amide bonds. The Morgan fingerprint density at radius 3 is 2.72 bits per heavy atom. The molecule has 5 nitrogen and oxygen atoms in total. The third kappa shape index (κ3) is 4.33. The summed E-state index contributed by atoms with van der Waals surface area (Å²) in [4.78, 5) is 26.4. The third-order valence-corrected chi connectivity index (χ3v) is 2.68. The van der Waals surface area contributed by atoms with Crippen LogP contribution in [0.3, 0.4) is 0 Å². The van der Waals surface area contributed by atoms with Crippen LogP contribution >= 0.6 is 11.6 Å². The number of carbonyl (C=O) groups excluding carboxylic acids is 1. The maximum absolute atomic E-state index is 11.7. The summed E-state index contributed by atoms with van der Waals surface area (Å²) in [6, 6.07) is 3.05. The first-order valence-electron chi connectivity index (χ1n) is 5.67. The van der Waals surface area contributed by atoms with E-state index in [1.165, 1.54) is 12.3 Å². The number of hydrogen-bond donors (Lipinski definition) is 2. The zero-order valence-corrected chi connectivity index (χ0v) is 10.8. The van der Waals surface area contributed by atoms with E-state index in [4.69, 9.17) is 16.7 Å². The number of aliphatic carboxylic acids is 1. The maximum atomic E-state index is 11.7. The van der Waals surface area contributed by atoms with E-state index in [0.717, 1.165) is 6.42 Å². The van der Waals surface area contributed by atoms with Crippen molar-refractivity contribution >= 4 is 23.5 Å². The average Bonchev–Trinajstić information content (AvgIpc) is 2.34. The molecule has 6 heteroatoms. The van der Waals surface area contributed by atoms with Crippen LogP contribution in [0.1, 0.15) is 30.3 Å². The molecule has 0 spiro atoms. The largest absolute Gasteiger partial charge is 0.481 e. The number of carboxylic acid groups (broad SMARTS) is 1. The van der Waals surface area contributed by atoms with Gasteiger partial charge in [-0.3, -0.25) is 9.59 Å². The minimum atomic E-state index is -0.902. The number of carbonyl (C=O) groups is 2. The Bertz CT molecular complexity index is 420. The van der Waals surface area contributed by atoms with Crippen LogP contribution in [0, 0.1) is 5.92 Å². The van der Waals surface area contributed by atoms with E-state index >= 15 is 0 Å². The molecule has 0 radical (unpaired) electrons. The van der Waals surface area contributed by atoms with Crippen molar-refractivity contribution in [3.05, 3.63) is 29.0 Å². The monoisotopic (exact) mass is 270 g/mol. The summed E-state index contributed by atoms with van der Waals surface area (Å²) in [6.07, 6.45) is 2.66. The molecule has 0 saturated heterocycles. The van der Waals surface area contributed by atoms with Gasteiger partial charge in [-0.15, -0.1) is 0 Å². The fourth-order valence-electron chi connectivity index (χ4n) is 1.48. The van der Waals surface area contributed by atoms with Crippen molar-refractivity contribution in [1.29, 1.82) is 0 Å². The molecule has 2 N–H and O–H groups in total. The van der Waals surface area contributed by atoms with Crippen LogP contribution < -0.4 is 5.32 Å². The minimum Gasteiger partial charge on any atom is -0.481 e. The molecule has 1 rings (SSSR count). The second-order valence-corrected chi connectivity index (χ2v) is 4.33. The summed E-state index contributed by atoms with van der Waals surface area (Å²) in [5.74, 6) is -1.86. The molecule has 1 unspecified atom stereocenters. The fraction of sp³-hybridized carbons (Fsp3) is 0.417. The number of pyridine rings is 1. The second-order valence-electron chi connectivity index (χ2n) is 3.90. The van der Waals surface area contributed by atoms with Gasteiger partial charge in [0.25, 0.3) is 5.91 Å². The van der Waals surface area contributed by atoms with Gasteiger partial charge < -0.3 is 10.4 Å². The predicted molar refractivity (Wildman–Crippen MR) is 67.6 cm³/mol. The zero-order chi connectivity index (χ0) is 13.5. The zero-order valence-electron chi connectivity index (χ0n) is 10.0. The van der Waals surface area contributed by atoms with Gasteiger partial charge in [0.05, 0.1) is 10.9 Å². The van der Waals surface area contributed by atoms with E-state index in [-0.39, 0.29) is 12.2 Å². The summed E-state index contributed by atoms with van der Waals surface area (Å²) in [5.41, 5.74) is 0.222. The smallest absolute Gasteiger partial charge is 0.308 e. The van der Waals surface area contributed by atoms with Crippen LogP contribution in [-0.2, 0) is 4.79 Å². The lowest BCUT2D eigenvalue weighted by molar-refractivity contribution is -0.141. The third-order valence-electron chi connectivity index (χ3n) is 2.46. The molecule has 0 aliphatic heterocycles. The molecule has 0 aliphatic rings. The van der Waals surface area contributed by atoms with Gasteiger partial charge >= 0.3 is 5.97 Å². The van der Waals surface area contributed by atoms with E-state index in [2.05, 4.69) is 10.3 Å². The Morgan fingerprint density at radius 1 is 1.50 bits per heavy atom. The van der Waals surface area contributed by atoms with Crippen molar-refractivity contribution in [2.45, 2.75) is 19.8 Å². The van der Waals surface area contributed by atoms with Crippen molar-refractivity contribution in [3.63, 3.8) is 0 Å². The van der Waals surface area contributed by atoms with Crippen molar-refractivity contribution in [2.24, 2.45) is 5.92 Å². The van der Waals surface area contributed by atoms with Gasteiger partial charge in [-0.2, -0.15) is 0 Å². The van der Waals surface area contributed by atoms with Crippen molar-refractivity contribution in [1.82, 2.24) is 10.3 Å². The molecule has 0 fully saturated rings. The lowest BCUT2D eigenvalue weighted by atomic mass is 10.0. The van der Waals surface area contributed by atoms with Gasteiger partial charge in [0.1, 0.15) is 5.69 Å². The molecule has 0 saturated carbocycles. The highest BCUT2D eigenvalue weighted by Gasteiger charge is 2.17. The number of rotatable bonds is 6.